The maximum atomic E-state index is 5.85. The number of para-hydroxylation sites is 1. The fourth-order valence-corrected chi connectivity index (χ4v) is 2.51. The molecule has 0 aliphatic carbocycles. The molecule has 0 radical (unpaired) electrons. The zero-order valence-corrected chi connectivity index (χ0v) is 13.8. The van der Waals surface area contributed by atoms with E-state index in [4.69, 9.17) is 4.74 Å². The predicted molar refractivity (Wildman–Crippen MR) is 85.7 cm³/mol. The van der Waals surface area contributed by atoms with Crippen molar-refractivity contribution >= 4 is 31.9 Å². The molecule has 0 fully saturated rings. The molecule has 0 heterocycles. The fraction of sp³-hybridized carbons (Fsp3) is 0.200. The second-order valence-corrected chi connectivity index (χ2v) is 5.77. The Bertz CT molecular complexity index is 558. The first-order valence-corrected chi connectivity index (χ1v) is 7.71. The van der Waals surface area contributed by atoms with Crippen molar-refractivity contribution in [3.63, 3.8) is 0 Å². The molecule has 0 aromatic heterocycles. The molecule has 0 spiro atoms. The summed E-state index contributed by atoms with van der Waals surface area (Å²) in [6.07, 6.45) is 0. The third-order valence-corrected chi connectivity index (χ3v) is 4.05. The van der Waals surface area contributed by atoms with Crippen molar-refractivity contribution in [1.82, 2.24) is 5.32 Å². The van der Waals surface area contributed by atoms with Crippen LogP contribution in [-0.2, 0) is 6.54 Å². The van der Waals surface area contributed by atoms with Crippen LogP contribution in [0.4, 0.5) is 0 Å². The van der Waals surface area contributed by atoms with Crippen molar-refractivity contribution in [2.75, 3.05) is 6.54 Å². The van der Waals surface area contributed by atoms with Crippen LogP contribution in [0.1, 0.15) is 12.5 Å². The number of ether oxygens (including phenoxy) is 1. The van der Waals surface area contributed by atoms with E-state index in [0.29, 0.717) is 0 Å². The molecule has 0 saturated carbocycles. The van der Waals surface area contributed by atoms with Gasteiger partial charge in [-0.25, -0.2) is 0 Å². The predicted octanol–water partition coefficient (Wildman–Crippen LogP) is 5.11. The molecule has 2 aromatic carbocycles. The van der Waals surface area contributed by atoms with Gasteiger partial charge in [-0.05, 0) is 52.3 Å². The average molecular weight is 385 g/mol. The van der Waals surface area contributed by atoms with E-state index in [1.54, 1.807) is 0 Å². The van der Waals surface area contributed by atoms with Gasteiger partial charge in [0.05, 0.1) is 4.47 Å². The lowest BCUT2D eigenvalue weighted by atomic mass is 10.2. The SMILES string of the molecule is CCNCc1ccc(Oc2ccccc2Br)cc1Br. The molecule has 100 valence electrons. The van der Waals surface area contributed by atoms with Gasteiger partial charge in [-0.1, -0.05) is 41.1 Å². The standard InChI is InChI=1S/C15H15Br2NO/c1-2-18-10-11-7-8-12(9-14(11)17)19-15-6-4-3-5-13(15)16/h3-9,18H,2,10H2,1H3. The highest BCUT2D eigenvalue weighted by molar-refractivity contribution is 9.10. The lowest BCUT2D eigenvalue weighted by molar-refractivity contribution is 0.479. The zero-order chi connectivity index (χ0) is 13.7. The van der Waals surface area contributed by atoms with Gasteiger partial charge >= 0.3 is 0 Å². The summed E-state index contributed by atoms with van der Waals surface area (Å²) in [4.78, 5) is 0. The van der Waals surface area contributed by atoms with E-state index in [1.165, 1.54) is 5.56 Å². The minimum Gasteiger partial charge on any atom is -0.456 e. The van der Waals surface area contributed by atoms with Gasteiger partial charge in [0.2, 0.25) is 0 Å². The quantitative estimate of drug-likeness (QED) is 0.772. The molecule has 2 nitrogen and oxygen atoms in total. The molecule has 2 aromatic rings. The Morgan fingerprint density at radius 1 is 1.05 bits per heavy atom. The lowest BCUT2D eigenvalue weighted by Crippen LogP contribution is -2.11. The first-order valence-electron chi connectivity index (χ1n) is 6.12. The number of halogens is 2. The molecular weight excluding hydrogens is 370 g/mol. The fourth-order valence-electron chi connectivity index (χ4n) is 1.65. The molecule has 0 saturated heterocycles. The van der Waals surface area contributed by atoms with Gasteiger partial charge in [0.25, 0.3) is 0 Å². The van der Waals surface area contributed by atoms with Gasteiger partial charge in [-0.2, -0.15) is 0 Å². The Morgan fingerprint density at radius 3 is 2.53 bits per heavy atom. The van der Waals surface area contributed by atoms with Crippen LogP contribution in [0.25, 0.3) is 0 Å². The van der Waals surface area contributed by atoms with E-state index >= 15 is 0 Å². The molecule has 2 rings (SSSR count). The molecule has 0 unspecified atom stereocenters. The highest BCUT2D eigenvalue weighted by Gasteiger charge is 2.05. The molecule has 0 amide bonds. The van der Waals surface area contributed by atoms with Crippen LogP contribution in [0.5, 0.6) is 11.5 Å². The van der Waals surface area contributed by atoms with Crippen molar-refractivity contribution in [2.24, 2.45) is 0 Å². The minimum atomic E-state index is 0.814. The van der Waals surface area contributed by atoms with Crippen LogP contribution >= 0.6 is 31.9 Å². The number of nitrogens with one attached hydrogen (secondary N) is 1. The first-order chi connectivity index (χ1) is 9.20. The van der Waals surface area contributed by atoms with Crippen molar-refractivity contribution in [3.05, 3.63) is 57.0 Å². The summed E-state index contributed by atoms with van der Waals surface area (Å²) in [5.74, 6) is 1.63. The highest BCUT2D eigenvalue weighted by atomic mass is 79.9. The molecule has 1 N–H and O–H groups in total. The zero-order valence-electron chi connectivity index (χ0n) is 10.6. The van der Waals surface area contributed by atoms with Crippen LogP contribution in [0.2, 0.25) is 0 Å². The van der Waals surface area contributed by atoms with Crippen LogP contribution in [0.15, 0.2) is 51.4 Å². The van der Waals surface area contributed by atoms with Crippen LogP contribution in [-0.4, -0.2) is 6.54 Å². The van der Waals surface area contributed by atoms with E-state index in [-0.39, 0.29) is 0 Å². The third-order valence-electron chi connectivity index (χ3n) is 2.65. The summed E-state index contributed by atoms with van der Waals surface area (Å²) < 4.78 is 7.85. The second-order valence-electron chi connectivity index (χ2n) is 4.07. The smallest absolute Gasteiger partial charge is 0.141 e. The van der Waals surface area contributed by atoms with E-state index in [9.17, 15) is 0 Å². The Balaban J connectivity index is 2.14. The topological polar surface area (TPSA) is 21.3 Å². The van der Waals surface area contributed by atoms with Crippen LogP contribution < -0.4 is 10.1 Å². The van der Waals surface area contributed by atoms with Crippen molar-refractivity contribution in [2.45, 2.75) is 13.5 Å². The third kappa shape index (κ3) is 4.06. The average Bonchev–Trinajstić information content (AvgIpc) is 2.40. The molecule has 0 aliphatic heterocycles. The van der Waals surface area contributed by atoms with E-state index < -0.39 is 0 Å². The largest absolute Gasteiger partial charge is 0.456 e. The molecular formula is C15H15Br2NO. The maximum absolute atomic E-state index is 5.85. The lowest BCUT2D eigenvalue weighted by Gasteiger charge is -2.10. The van der Waals surface area contributed by atoms with Gasteiger partial charge in [0.15, 0.2) is 0 Å². The normalized spacial score (nSPS) is 10.5. The second kappa shape index (κ2) is 7.08. The van der Waals surface area contributed by atoms with E-state index in [0.717, 1.165) is 33.5 Å². The van der Waals surface area contributed by atoms with Gasteiger partial charge in [-0.3, -0.25) is 0 Å². The van der Waals surface area contributed by atoms with Gasteiger partial charge in [0.1, 0.15) is 11.5 Å². The highest BCUT2D eigenvalue weighted by Crippen LogP contribution is 2.31. The summed E-state index contributed by atoms with van der Waals surface area (Å²) in [6.45, 7) is 3.91. The number of rotatable bonds is 5. The number of benzene rings is 2. The Labute approximate surface area is 130 Å². The van der Waals surface area contributed by atoms with E-state index in [2.05, 4.69) is 50.2 Å². The van der Waals surface area contributed by atoms with Gasteiger partial charge in [0, 0.05) is 11.0 Å². The monoisotopic (exact) mass is 383 g/mol. The molecule has 0 aliphatic rings. The van der Waals surface area contributed by atoms with Crippen molar-refractivity contribution in [3.8, 4) is 11.5 Å². The summed E-state index contributed by atoms with van der Waals surface area (Å²) in [6, 6.07) is 13.9. The van der Waals surface area contributed by atoms with Crippen molar-refractivity contribution in [1.29, 1.82) is 0 Å². The molecule has 4 heteroatoms. The van der Waals surface area contributed by atoms with Gasteiger partial charge in [-0.15, -0.1) is 0 Å². The summed E-state index contributed by atoms with van der Waals surface area (Å²) in [5, 5.41) is 3.31. The Kier molecular flexibility index (Phi) is 5.43. The maximum Gasteiger partial charge on any atom is 0.141 e. The number of hydrogen-bond acceptors (Lipinski definition) is 2. The van der Waals surface area contributed by atoms with Crippen LogP contribution in [0.3, 0.4) is 0 Å². The summed E-state index contributed by atoms with van der Waals surface area (Å²) in [7, 11) is 0. The van der Waals surface area contributed by atoms with Crippen molar-refractivity contribution < 1.29 is 4.74 Å². The minimum absolute atomic E-state index is 0.814. The molecule has 19 heavy (non-hydrogen) atoms. The Hall–Kier alpha value is -0.840. The first kappa shape index (κ1) is 14.6. The van der Waals surface area contributed by atoms with Gasteiger partial charge < -0.3 is 10.1 Å². The van der Waals surface area contributed by atoms with Crippen LogP contribution in [0, 0.1) is 0 Å². The van der Waals surface area contributed by atoms with E-state index in [1.807, 2.05) is 36.4 Å². The summed E-state index contributed by atoms with van der Waals surface area (Å²) in [5.41, 5.74) is 1.22. The molecule has 0 bridgehead atoms. The Morgan fingerprint density at radius 2 is 1.84 bits per heavy atom. The number of hydrogen-bond donors (Lipinski definition) is 1. The summed E-state index contributed by atoms with van der Waals surface area (Å²) >= 11 is 7.05. The molecule has 0 atom stereocenters.